The van der Waals surface area contributed by atoms with E-state index in [0.717, 1.165) is 29.4 Å². The summed E-state index contributed by atoms with van der Waals surface area (Å²) in [5.41, 5.74) is 1.85. The average Bonchev–Trinajstić information content (AvgIpc) is 3.45. The van der Waals surface area contributed by atoms with Gasteiger partial charge < -0.3 is 24.7 Å². The van der Waals surface area contributed by atoms with Gasteiger partial charge in [0.05, 0.1) is 0 Å². The molecule has 0 bridgehead atoms. The van der Waals surface area contributed by atoms with Crippen LogP contribution in [0, 0.1) is 5.82 Å². The molecule has 0 radical (unpaired) electrons. The van der Waals surface area contributed by atoms with Crippen LogP contribution in [0.3, 0.4) is 0 Å². The third-order valence-electron chi connectivity index (χ3n) is 6.15. The summed E-state index contributed by atoms with van der Waals surface area (Å²) in [5.74, 6) is -0.574. The fourth-order valence-electron chi connectivity index (χ4n) is 4.61. The van der Waals surface area contributed by atoms with Gasteiger partial charge in [0.25, 0.3) is 0 Å². The maximum atomic E-state index is 13.8. The lowest BCUT2D eigenvalue weighted by Gasteiger charge is -2.33. The molecule has 1 aliphatic rings. The number of fused-ring (bicyclic) bond motifs is 1. The second-order valence-corrected chi connectivity index (χ2v) is 9.87. The first-order chi connectivity index (χ1) is 16.7. The van der Waals surface area contributed by atoms with Crippen LogP contribution in [0.4, 0.5) is 14.0 Å². The van der Waals surface area contributed by atoms with Crippen LogP contribution in [0.15, 0.2) is 54.7 Å². The third-order valence-corrected chi connectivity index (χ3v) is 6.15. The highest BCUT2D eigenvalue weighted by atomic mass is 19.1. The molecule has 7 nitrogen and oxygen atoms in total. The topological polar surface area (TPSA) is 83.7 Å². The van der Waals surface area contributed by atoms with E-state index in [1.807, 2.05) is 57.3 Å². The van der Waals surface area contributed by atoms with Crippen LogP contribution in [-0.4, -0.2) is 46.8 Å². The summed E-state index contributed by atoms with van der Waals surface area (Å²) in [5, 5.41) is 3.73. The number of nitrogens with zero attached hydrogens (tertiary/aromatic N) is 1. The molecular weight excluding hydrogens is 449 g/mol. The normalized spacial score (nSPS) is 16.8. The van der Waals surface area contributed by atoms with E-state index in [-0.39, 0.29) is 37.0 Å². The number of amides is 2. The molecule has 3 aromatic rings. The van der Waals surface area contributed by atoms with Crippen LogP contribution < -0.4 is 5.32 Å². The van der Waals surface area contributed by atoms with Crippen molar-refractivity contribution in [3.05, 3.63) is 71.7 Å². The number of halogens is 1. The van der Waals surface area contributed by atoms with Crippen molar-refractivity contribution in [2.24, 2.45) is 0 Å². The molecule has 2 amide bonds. The maximum absolute atomic E-state index is 13.8. The number of rotatable bonds is 6. The van der Waals surface area contributed by atoms with Gasteiger partial charge in [0.2, 0.25) is 0 Å². The SMILES string of the molecule is CC(C)(C)OC(=O)N1CCCC1[C@H](CNC(=O)OCc1ccccc1)c1c[nH]c2cc(F)ccc12. The summed E-state index contributed by atoms with van der Waals surface area (Å²) in [6.07, 6.45) is 2.51. The predicted molar refractivity (Wildman–Crippen MR) is 132 cm³/mol. The summed E-state index contributed by atoms with van der Waals surface area (Å²) in [4.78, 5) is 30.4. The Kier molecular flexibility index (Phi) is 7.28. The van der Waals surface area contributed by atoms with Gasteiger partial charge >= 0.3 is 12.2 Å². The van der Waals surface area contributed by atoms with Gasteiger partial charge in [-0.15, -0.1) is 0 Å². The Morgan fingerprint density at radius 3 is 2.71 bits per heavy atom. The molecule has 4 rings (SSSR count). The minimum atomic E-state index is -0.614. The summed E-state index contributed by atoms with van der Waals surface area (Å²) in [6, 6.07) is 13.8. The molecular formula is C27H32FN3O4. The van der Waals surface area contributed by atoms with Crippen LogP contribution >= 0.6 is 0 Å². The highest BCUT2D eigenvalue weighted by Gasteiger charge is 2.38. The third kappa shape index (κ3) is 6.12. The van der Waals surface area contributed by atoms with E-state index in [0.29, 0.717) is 12.1 Å². The smallest absolute Gasteiger partial charge is 0.410 e. The highest BCUT2D eigenvalue weighted by molar-refractivity contribution is 5.84. The van der Waals surface area contributed by atoms with Crippen LogP contribution in [0.1, 0.15) is 50.7 Å². The lowest BCUT2D eigenvalue weighted by molar-refractivity contribution is 0.0205. The van der Waals surface area contributed by atoms with Crippen molar-refractivity contribution in [1.82, 2.24) is 15.2 Å². The first kappa shape index (κ1) is 24.6. The Balaban J connectivity index is 1.54. The average molecular weight is 482 g/mol. The molecule has 0 spiro atoms. The number of ether oxygens (including phenoxy) is 2. The van der Waals surface area contributed by atoms with Crippen molar-refractivity contribution in [2.75, 3.05) is 13.1 Å². The van der Waals surface area contributed by atoms with Crippen molar-refractivity contribution in [2.45, 2.75) is 57.8 Å². The van der Waals surface area contributed by atoms with E-state index in [9.17, 15) is 14.0 Å². The summed E-state index contributed by atoms with van der Waals surface area (Å²) in [7, 11) is 0. The number of hydrogen-bond donors (Lipinski definition) is 2. The summed E-state index contributed by atoms with van der Waals surface area (Å²) < 4.78 is 24.8. The zero-order chi connectivity index (χ0) is 25.0. The molecule has 2 atom stereocenters. The lowest BCUT2D eigenvalue weighted by atomic mass is 9.89. The van der Waals surface area contributed by atoms with Crippen LogP contribution in [-0.2, 0) is 16.1 Å². The Morgan fingerprint density at radius 2 is 1.97 bits per heavy atom. The summed E-state index contributed by atoms with van der Waals surface area (Å²) in [6.45, 7) is 6.51. The Hall–Kier alpha value is -3.55. The van der Waals surface area contributed by atoms with Gasteiger partial charge in [-0.25, -0.2) is 14.0 Å². The number of alkyl carbamates (subject to hydrolysis) is 1. The monoisotopic (exact) mass is 481 g/mol. The lowest BCUT2D eigenvalue weighted by Crippen LogP contribution is -2.45. The molecule has 0 saturated carbocycles. The number of hydrogen-bond acceptors (Lipinski definition) is 4. The number of H-pyrrole nitrogens is 1. The van der Waals surface area contributed by atoms with Gasteiger partial charge in [-0.1, -0.05) is 30.3 Å². The number of likely N-dealkylation sites (tertiary alicyclic amines) is 1. The molecule has 0 aliphatic carbocycles. The number of aromatic nitrogens is 1. The number of aromatic amines is 1. The first-order valence-corrected chi connectivity index (χ1v) is 11.9. The quantitative estimate of drug-likeness (QED) is 0.472. The van der Waals surface area contributed by atoms with E-state index >= 15 is 0 Å². The van der Waals surface area contributed by atoms with Crippen molar-refractivity contribution < 1.29 is 23.5 Å². The van der Waals surface area contributed by atoms with Gasteiger partial charge in [0, 0.05) is 42.1 Å². The minimum absolute atomic E-state index is 0.164. The Bertz CT molecular complexity index is 1170. The molecule has 1 aliphatic heterocycles. The zero-order valence-electron chi connectivity index (χ0n) is 20.3. The van der Waals surface area contributed by atoms with Gasteiger partial charge in [-0.2, -0.15) is 0 Å². The molecule has 2 N–H and O–H groups in total. The largest absolute Gasteiger partial charge is 0.445 e. The van der Waals surface area contributed by atoms with Gasteiger partial charge in [-0.3, -0.25) is 0 Å². The van der Waals surface area contributed by atoms with E-state index in [1.165, 1.54) is 12.1 Å². The van der Waals surface area contributed by atoms with Gasteiger partial charge in [0.1, 0.15) is 18.0 Å². The van der Waals surface area contributed by atoms with Crippen molar-refractivity contribution in [1.29, 1.82) is 0 Å². The number of carbonyl (C=O) groups is 2. The molecule has 2 heterocycles. The standard InChI is InChI=1S/C27H32FN3O4/c1-27(2,3)35-26(33)31-13-7-10-24(31)22(21-15-29-23-14-19(28)11-12-20(21)23)16-30-25(32)34-17-18-8-5-4-6-9-18/h4-6,8-9,11-12,14-15,22,24,29H,7,10,13,16-17H2,1-3H3,(H,30,32)/t22-,24?/m1/s1. The van der Waals surface area contributed by atoms with E-state index < -0.39 is 11.7 Å². The predicted octanol–water partition coefficient (Wildman–Crippen LogP) is 5.72. The number of benzene rings is 2. The zero-order valence-corrected chi connectivity index (χ0v) is 20.3. The van der Waals surface area contributed by atoms with E-state index in [1.54, 1.807) is 11.0 Å². The fourth-order valence-corrected chi connectivity index (χ4v) is 4.61. The summed E-state index contributed by atoms with van der Waals surface area (Å²) >= 11 is 0. The molecule has 35 heavy (non-hydrogen) atoms. The van der Waals surface area contributed by atoms with E-state index in [4.69, 9.17) is 9.47 Å². The van der Waals surface area contributed by atoms with Crippen molar-refractivity contribution >= 4 is 23.1 Å². The van der Waals surface area contributed by atoms with Crippen LogP contribution in [0.25, 0.3) is 10.9 Å². The second-order valence-electron chi connectivity index (χ2n) is 9.87. The van der Waals surface area contributed by atoms with E-state index in [2.05, 4.69) is 10.3 Å². The molecule has 1 aromatic heterocycles. The molecule has 186 valence electrons. The van der Waals surface area contributed by atoms with Crippen molar-refractivity contribution in [3.8, 4) is 0 Å². The molecule has 1 fully saturated rings. The van der Waals surface area contributed by atoms with Crippen LogP contribution in [0.5, 0.6) is 0 Å². The number of carbonyl (C=O) groups excluding carboxylic acids is 2. The fraction of sp³-hybridized carbons (Fsp3) is 0.407. The Morgan fingerprint density at radius 1 is 1.20 bits per heavy atom. The Labute approximate surface area is 204 Å². The minimum Gasteiger partial charge on any atom is -0.445 e. The highest BCUT2D eigenvalue weighted by Crippen LogP contribution is 2.35. The van der Waals surface area contributed by atoms with Crippen molar-refractivity contribution in [3.63, 3.8) is 0 Å². The van der Waals surface area contributed by atoms with Crippen LogP contribution in [0.2, 0.25) is 0 Å². The molecule has 1 saturated heterocycles. The molecule has 8 heteroatoms. The number of nitrogens with one attached hydrogen (secondary N) is 2. The van der Waals surface area contributed by atoms with Gasteiger partial charge in [-0.05, 0) is 62.9 Å². The maximum Gasteiger partial charge on any atom is 0.410 e. The first-order valence-electron chi connectivity index (χ1n) is 11.9. The second kappa shape index (κ2) is 10.4. The molecule has 1 unspecified atom stereocenters. The molecule has 2 aromatic carbocycles. The van der Waals surface area contributed by atoms with Gasteiger partial charge in [0.15, 0.2) is 0 Å².